The van der Waals surface area contributed by atoms with Crippen LogP contribution in [0.4, 0.5) is 8.78 Å². The molecule has 2 aromatic carbocycles. The Hall–Kier alpha value is -2.65. The molecule has 0 radical (unpaired) electrons. The maximum Gasteiger partial charge on any atom is 0.313 e. The van der Waals surface area contributed by atoms with E-state index in [1.165, 1.54) is 0 Å². The van der Waals surface area contributed by atoms with Crippen LogP contribution in [0.25, 0.3) is 0 Å². The molecule has 0 aliphatic heterocycles. The number of benzene rings is 2. The third-order valence-electron chi connectivity index (χ3n) is 3.55. The SMILES string of the molecule is CC(O/C(N)=C(\C=O)OS(=O)(=O)Cc1cc(F)ccc1F)c1ccc(Cl)cc1. The molecule has 0 saturated heterocycles. The molecule has 150 valence electrons. The number of hydrogen-bond donors (Lipinski definition) is 1. The van der Waals surface area contributed by atoms with Crippen LogP contribution in [-0.4, -0.2) is 14.7 Å². The summed E-state index contributed by atoms with van der Waals surface area (Å²) in [4.78, 5) is 11.2. The van der Waals surface area contributed by atoms with Gasteiger partial charge in [-0.05, 0) is 42.8 Å². The molecular formula is C18H16ClF2NO5S. The summed E-state index contributed by atoms with van der Waals surface area (Å²) in [5.41, 5.74) is 5.82. The van der Waals surface area contributed by atoms with Crippen molar-refractivity contribution in [3.8, 4) is 0 Å². The van der Waals surface area contributed by atoms with Crippen molar-refractivity contribution in [1.82, 2.24) is 0 Å². The Kier molecular flexibility index (Phi) is 6.98. The molecule has 0 aliphatic rings. The predicted octanol–water partition coefficient (Wildman–Crippen LogP) is 3.57. The minimum atomic E-state index is -4.51. The summed E-state index contributed by atoms with van der Waals surface area (Å²) < 4.78 is 61.0. The first-order valence-electron chi connectivity index (χ1n) is 7.84. The molecule has 1 unspecified atom stereocenters. The highest BCUT2D eigenvalue weighted by molar-refractivity contribution is 7.86. The lowest BCUT2D eigenvalue weighted by molar-refractivity contribution is -0.107. The molecular weight excluding hydrogens is 416 g/mol. The molecule has 0 heterocycles. The molecule has 0 saturated carbocycles. The fourth-order valence-corrected chi connectivity index (χ4v) is 3.36. The van der Waals surface area contributed by atoms with Crippen LogP contribution in [0.5, 0.6) is 0 Å². The second-order valence-corrected chi connectivity index (χ2v) is 7.69. The Morgan fingerprint density at radius 1 is 1.21 bits per heavy atom. The summed E-state index contributed by atoms with van der Waals surface area (Å²) in [6.45, 7) is 1.61. The molecule has 2 aromatic rings. The van der Waals surface area contributed by atoms with E-state index in [2.05, 4.69) is 4.18 Å². The van der Waals surface area contributed by atoms with Gasteiger partial charge < -0.3 is 14.7 Å². The van der Waals surface area contributed by atoms with Crippen LogP contribution in [0.15, 0.2) is 54.1 Å². The number of rotatable bonds is 8. The second-order valence-electron chi connectivity index (χ2n) is 5.68. The Morgan fingerprint density at radius 3 is 2.46 bits per heavy atom. The number of carbonyl (C=O) groups excluding carboxylic acids is 1. The number of carbonyl (C=O) groups is 1. The van der Waals surface area contributed by atoms with Crippen LogP contribution in [0, 0.1) is 11.6 Å². The molecule has 10 heteroatoms. The number of allylic oxidation sites excluding steroid dienone is 1. The standard InChI is InChI=1S/C18H16ClF2NO5S/c1-11(12-2-4-14(19)5-3-12)26-18(22)17(9-23)27-28(24,25)10-13-8-15(20)6-7-16(13)21/h2-9,11H,10,22H2,1H3/b18-17+. The summed E-state index contributed by atoms with van der Waals surface area (Å²) in [7, 11) is -4.51. The van der Waals surface area contributed by atoms with Crippen LogP contribution in [0.2, 0.25) is 5.02 Å². The van der Waals surface area contributed by atoms with Crippen molar-refractivity contribution in [2.45, 2.75) is 18.8 Å². The minimum Gasteiger partial charge on any atom is -0.469 e. The quantitative estimate of drug-likeness (QED) is 0.297. The van der Waals surface area contributed by atoms with Crippen LogP contribution in [-0.2, 0) is 29.6 Å². The van der Waals surface area contributed by atoms with E-state index in [0.29, 0.717) is 16.7 Å². The van der Waals surface area contributed by atoms with Gasteiger partial charge in [-0.2, -0.15) is 8.42 Å². The number of halogens is 3. The van der Waals surface area contributed by atoms with Crippen molar-refractivity contribution in [3.63, 3.8) is 0 Å². The fourth-order valence-electron chi connectivity index (χ4n) is 2.18. The van der Waals surface area contributed by atoms with Crippen molar-refractivity contribution in [1.29, 1.82) is 0 Å². The molecule has 0 amide bonds. The third-order valence-corrected chi connectivity index (χ3v) is 4.90. The average molecular weight is 432 g/mol. The normalized spacial score (nSPS) is 13.4. The first-order chi connectivity index (χ1) is 13.1. The van der Waals surface area contributed by atoms with Crippen LogP contribution < -0.4 is 5.73 Å². The molecule has 1 atom stereocenters. The van der Waals surface area contributed by atoms with Crippen molar-refractivity contribution in [2.24, 2.45) is 5.73 Å². The first kappa shape index (κ1) is 21.6. The fraction of sp³-hybridized carbons (Fsp3) is 0.167. The van der Waals surface area contributed by atoms with Gasteiger partial charge in [0.2, 0.25) is 11.6 Å². The van der Waals surface area contributed by atoms with E-state index < -0.39 is 50.8 Å². The van der Waals surface area contributed by atoms with Gasteiger partial charge in [-0.3, -0.25) is 4.79 Å². The maximum absolute atomic E-state index is 13.6. The van der Waals surface area contributed by atoms with Crippen LogP contribution in [0.3, 0.4) is 0 Å². The van der Waals surface area contributed by atoms with E-state index in [0.717, 1.165) is 12.1 Å². The van der Waals surface area contributed by atoms with Crippen molar-refractivity contribution in [2.75, 3.05) is 0 Å². The summed E-state index contributed by atoms with van der Waals surface area (Å²) in [5, 5.41) is 0.507. The van der Waals surface area contributed by atoms with Crippen LogP contribution >= 0.6 is 11.6 Å². The third kappa shape index (κ3) is 5.93. The lowest BCUT2D eigenvalue weighted by Crippen LogP contribution is -2.17. The molecule has 6 nitrogen and oxygen atoms in total. The molecule has 0 spiro atoms. The largest absolute Gasteiger partial charge is 0.469 e. The Morgan fingerprint density at radius 2 is 1.86 bits per heavy atom. The van der Waals surface area contributed by atoms with Gasteiger partial charge >= 0.3 is 10.1 Å². The average Bonchev–Trinajstić information content (AvgIpc) is 2.63. The highest BCUT2D eigenvalue weighted by Crippen LogP contribution is 2.22. The number of ether oxygens (including phenoxy) is 1. The van der Waals surface area contributed by atoms with E-state index in [1.807, 2.05) is 0 Å². The highest BCUT2D eigenvalue weighted by atomic mass is 35.5. The van der Waals surface area contributed by atoms with E-state index in [-0.39, 0.29) is 6.29 Å². The monoisotopic (exact) mass is 431 g/mol. The van der Waals surface area contributed by atoms with E-state index in [9.17, 15) is 22.0 Å². The molecule has 2 N–H and O–H groups in total. The first-order valence-corrected chi connectivity index (χ1v) is 9.80. The Bertz CT molecular complexity index is 994. The predicted molar refractivity (Wildman–Crippen MR) is 98.3 cm³/mol. The van der Waals surface area contributed by atoms with Gasteiger partial charge in [0.05, 0.1) is 0 Å². The minimum absolute atomic E-state index is 0.0450. The smallest absolute Gasteiger partial charge is 0.313 e. The van der Waals surface area contributed by atoms with Crippen LogP contribution in [0.1, 0.15) is 24.2 Å². The molecule has 0 aromatic heterocycles. The van der Waals surface area contributed by atoms with Gasteiger partial charge in [0.1, 0.15) is 23.5 Å². The summed E-state index contributed by atoms with van der Waals surface area (Å²) in [6.07, 6.45) is -0.608. The summed E-state index contributed by atoms with van der Waals surface area (Å²) in [5.74, 6) is -4.16. The molecule has 0 aliphatic carbocycles. The van der Waals surface area contributed by atoms with Gasteiger partial charge in [0.25, 0.3) is 0 Å². The van der Waals surface area contributed by atoms with E-state index >= 15 is 0 Å². The molecule has 2 rings (SSSR count). The van der Waals surface area contributed by atoms with E-state index in [4.69, 9.17) is 22.1 Å². The highest BCUT2D eigenvalue weighted by Gasteiger charge is 2.22. The zero-order valence-corrected chi connectivity index (χ0v) is 16.1. The zero-order valence-electron chi connectivity index (χ0n) is 14.6. The lowest BCUT2D eigenvalue weighted by atomic mass is 10.1. The van der Waals surface area contributed by atoms with E-state index in [1.54, 1.807) is 31.2 Å². The van der Waals surface area contributed by atoms with Gasteiger partial charge in [-0.1, -0.05) is 23.7 Å². The summed E-state index contributed by atoms with van der Waals surface area (Å²) in [6, 6.07) is 8.88. The zero-order chi connectivity index (χ0) is 20.9. The molecule has 0 fully saturated rings. The van der Waals surface area contributed by atoms with Gasteiger partial charge in [0, 0.05) is 10.6 Å². The van der Waals surface area contributed by atoms with Crippen molar-refractivity contribution in [3.05, 3.63) is 81.9 Å². The second kappa shape index (κ2) is 9.03. The van der Waals surface area contributed by atoms with Crippen molar-refractivity contribution >= 4 is 28.0 Å². The Labute approximate surface area is 165 Å². The summed E-state index contributed by atoms with van der Waals surface area (Å²) >= 11 is 5.80. The Balaban J connectivity index is 2.16. The van der Waals surface area contributed by atoms with Gasteiger partial charge in [0.15, 0.2) is 6.29 Å². The maximum atomic E-state index is 13.6. The number of aldehydes is 1. The molecule has 28 heavy (non-hydrogen) atoms. The molecule has 0 bridgehead atoms. The lowest BCUT2D eigenvalue weighted by Gasteiger charge is -2.16. The number of hydrogen-bond acceptors (Lipinski definition) is 6. The van der Waals surface area contributed by atoms with Crippen molar-refractivity contribution < 1.29 is 30.9 Å². The van der Waals surface area contributed by atoms with Gasteiger partial charge in [-0.25, -0.2) is 8.78 Å². The number of nitrogens with two attached hydrogens (primary N) is 1. The van der Waals surface area contributed by atoms with Gasteiger partial charge in [-0.15, -0.1) is 0 Å². The topological polar surface area (TPSA) is 95.7 Å².